The van der Waals surface area contributed by atoms with Crippen LogP contribution in [0.3, 0.4) is 0 Å². The van der Waals surface area contributed by atoms with Crippen molar-refractivity contribution in [3.05, 3.63) is 45.0 Å². The van der Waals surface area contributed by atoms with Gasteiger partial charge in [-0.2, -0.15) is 0 Å². The Bertz CT molecular complexity index is 617. The van der Waals surface area contributed by atoms with Crippen LogP contribution < -0.4 is 15.8 Å². The molecule has 0 radical (unpaired) electrons. The molecule has 0 aliphatic heterocycles. The Kier molecular flexibility index (Phi) is 4.99. The first-order valence-electron chi connectivity index (χ1n) is 6.24. The number of hydrogen-bond acceptors (Lipinski definition) is 3. The van der Waals surface area contributed by atoms with Crippen molar-refractivity contribution >= 4 is 51.3 Å². The van der Waals surface area contributed by atoms with E-state index in [2.05, 4.69) is 27.9 Å². The summed E-state index contributed by atoms with van der Waals surface area (Å²) < 4.78 is 6.77. The molecular formula is C15H16ClIN2O. The molecule has 0 amide bonds. The molecule has 0 unspecified atom stereocenters. The van der Waals surface area contributed by atoms with Crippen LogP contribution in [0.1, 0.15) is 13.8 Å². The minimum Gasteiger partial charge on any atom is -0.489 e. The van der Waals surface area contributed by atoms with E-state index in [1.165, 1.54) is 0 Å². The summed E-state index contributed by atoms with van der Waals surface area (Å²) in [6.45, 7) is 3.94. The van der Waals surface area contributed by atoms with Gasteiger partial charge in [-0.25, -0.2) is 0 Å². The number of rotatable bonds is 4. The van der Waals surface area contributed by atoms with Crippen LogP contribution in [-0.2, 0) is 0 Å². The number of nitrogens with one attached hydrogen (secondary N) is 1. The van der Waals surface area contributed by atoms with E-state index in [1.807, 2.05) is 50.2 Å². The van der Waals surface area contributed by atoms with E-state index in [0.717, 1.165) is 14.9 Å². The number of benzene rings is 2. The lowest BCUT2D eigenvalue weighted by atomic mass is 10.2. The first kappa shape index (κ1) is 15.3. The predicted molar refractivity (Wildman–Crippen MR) is 94.1 cm³/mol. The molecule has 20 heavy (non-hydrogen) atoms. The van der Waals surface area contributed by atoms with E-state index >= 15 is 0 Å². The van der Waals surface area contributed by atoms with Crippen LogP contribution >= 0.6 is 34.2 Å². The third-order valence-electron chi connectivity index (χ3n) is 2.59. The standard InChI is InChI=1S/C15H16ClIN2O/c1-9(2)20-15-8-11(4-5-13(15)18)19-14-6-3-10(17)7-12(14)16/h3-9,19H,18H2,1-2H3. The topological polar surface area (TPSA) is 47.3 Å². The number of hydrogen-bond donors (Lipinski definition) is 2. The molecule has 3 N–H and O–H groups in total. The highest BCUT2D eigenvalue weighted by molar-refractivity contribution is 14.1. The zero-order chi connectivity index (χ0) is 14.7. The lowest BCUT2D eigenvalue weighted by Gasteiger charge is -2.15. The fraction of sp³-hybridized carbons (Fsp3) is 0.200. The van der Waals surface area contributed by atoms with Gasteiger partial charge in [0.25, 0.3) is 0 Å². The predicted octanol–water partition coefficient (Wildman–Crippen LogP) is 5.06. The van der Waals surface area contributed by atoms with Crippen LogP contribution in [0.4, 0.5) is 17.1 Å². The summed E-state index contributed by atoms with van der Waals surface area (Å²) in [7, 11) is 0. The fourth-order valence-electron chi connectivity index (χ4n) is 1.71. The van der Waals surface area contributed by atoms with Crippen molar-refractivity contribution in [2.24, 2.45) is 0 Å². The maximum absolute atomic E-state index is 6.21. The number of nitrogen functional groups attached to an aromatic ring is 1. The van der Waals surface area contributed by atoms with Crippen LogP contribution in [0.5, 0.6) is 5.75 Å². The van der Waals surface area contributed by atoms with Gasteiger partial charge in [-0.05, 0) is 66.8 Å². The smallest absolute Gasteiger partial charge is 0.144 e. The molecule has 2 aromatic carbocycles. The minimum atomic E-state index is 0.0782. The molecule has 0 saturated carbocycles. The van der Waals surface area contributed by atoms with Gasteiger partial charge in [0.15, 0.2) is 0 Å². The molecule has 106 valence electrons. The van der Waals surface area contributed by atoms with Crippen molar-refractivity contribution in [1.29, 1.82) is 0 Å². The second-order valence-corrected chi connectivity index (χ2v) is 6.32. The molecule has 0 aromatic heterocycles. The van der Waals surface area contributed by atoms with Gasteiger partial charge in [0.2, 0.25) is 0 Å². The van der Waals surface area contributed by atoms with Gasteiger partial charge in [-0.3, -0.25) is 0 Å². The highest BCUT2D eigenvalue weighted by atomic mass is 127. The van der Waals surface area contributed by atoms with Gasteiger partial charge in [-0.1, -0.05) is 11.6 Å². The molecule has 0 heterocycles. The lowest BCUT2D eigenvalue weighted by molar-refractivity contribution is 0.244. The summed E-state index contributed by atoms with van der Waals surface area (Å²) in [6, 6.07) is 11.5. The molecule has 0 fully saturated rings. The number of nitrogens with two attached hydrogens (primary N) is 1. The molecule has 2 rings (SSSR count). The second kappa shape index (κ2) is 6.54. The Morgan fingerprint density at radius 2 is 1.95 bits per heavy atom. The summed E-state index contributed by atoms with van der Waals surface area (Å²) in [5.74, 6) is 0.673. The van der Waals surface area contributed by atoms with E-state index in [4.69, 9.17) is 22.1 Å². The van der Waals surface area contributed by atoms with Gasteiger partial charge in [-0.15, -0.1) is 0 Å². The fourth-order valence-corrected chi connectivity index (χ4v) is 2.62. The second-order valence-electron chi connectivity index (χ2n) is 4.67. The van der Waals surface area contributed by atoms with Crippen LogP contribution in [-0.4, -0.2) is 6.10 Å². The maximum atomic E-state index is 6.21. The molecule has 0 saturated heterocycles. The van der Waals surface area contributed by atoms with Crippen molar-refractivity contribution in [3.8, 4) is 5.75 Å². The van der Waals surface area contributed by atoms with E-state index in [9.17, 15) is 0 Å². The van der Waals surface area contributed by atoms with Crippen molar-refractivity contribution in [2.45, 2.75) is 20.0 Å². The zero-order valence-electron chi connectivity index (χ0n) is 11.3. The molecule has 2 aromatic rings. The Labute approximate surface area is 137 Å². The first-order chi connectivity index (χ1) is 9.45. The third kappa shape index (κ3) is 3.93. The first-order valence-corrected chi connectivity index (χ1v) is 7.69. The number of ether oxygens (including phenoxy) is 1. The van der Waals surface area contributed by atoms with Gasteiger partial charge in [0.05, 0.1) is 22.5 Å². The van der Waals surface area contributed by atoms with Crippen LogP contribution in [0.25, 0.3) is 0 Å². The molecule has 3 nitrogen and oxygen atoms in total. The Balaban J connectivity index is 2.25. The van der Waals surface area contributed by atoms with Crippen LogP contribution in [0.2, 0.25) is 5.02 Å². The highest BCUT2D eigenvalue weighted by Gasteiger charge is 2.06. The normalized spacial score (nSPS) is 10.7. The summed E-state index contributed by atoms with van der Waals surface area (Å²) in [5, 5.41) is 3.95. The molecule has 0 aliphatic rings. The maximum Gasteiger partial charge on any atom is 0.144 e. The summed E-state index contributed by atoms with van der Waals surface area (Å²) in [4.78, 5) is 0. The van der Waals surface area contributed by atoms with Crippen molar-refractivity contribution in [1.82, 2.24) is 0 Å². The Morgan fingerprint density at radius 1 is 1.20 bits per heavy atom. The Morgan fingerprint density at radius 3 is 2.60 bits per heavy atom. The van der Waals surface area contributed by atoms with Crippen molar-refractivity contribution in [2.75, 3.05) is 11.1 Å². The molecule has 0 spiro atoms. The van der Waals surface area contributed by atoms with Gasteiger partial charge in [0, 0.05) is 15.3 Å². The van der Waals surface area contributed by atoms with E-state index in [1.54, 1.807) is 0 Å². The van der Waals surface area contributed by atoms with Crippen LogP contribution in [0.15, 0.2) is 36.4 Å². The summed E-state index contributed by atoms with van der Waals surface area (Å²) >= 11 is 8.44. The molecular weight excluding hydrogens is 387 g/mol. The zero-order valence-corrected chi connectivity index (χ0v) is 14.2. The molecule has 0 bridgehead atoms. The van der Waals surface area contributed by atoms with Gasteiger partial charge in [0.1, 0.15) is 5.75 Å². The lowest BCUT2D eigenvalue weighted by Crippen LogP contribution is -2.07. The van der Waals surface area contributed by atoms with E-state index in [-0.39, 0.29) is 6.10 Å². The summed E-state index contributed by atoms with van der Waals surface area (Å²) in [6.07, 6.45) is 0.0782. The van der Waals surface area contributed by atoms with E-state index < -0.39 is 0 Å². The molecule has 0 atom stereocenters. The summed E-state index contributed by atoms with van der Waals surface area (Å²) in [5.41, 5.74) is 8.27. The molecule has 0 aliphatic carbocycles. The quantitative estimate of drug-likeness (QED) is 0.555. The van der Waals surface area contributed by atoms with Gasteiger partial charge < -0.3 is 15.8 Å². The minimum absolute atomic E-state index is 0.0782. The number of halogens is 2. The average Bonchev–Trinajstić information content (AvgIpc) is 2.36. The number of anilines is 3. The SMILES string of the molecule is CC(C)Oc1cc(Nc2ccc(I)cc2Cl)ccc1N. The largest absolute Gasteiger partial charge is 0.489 e. The van der Waals surface area contributed by atoms with Crippen molar-refractivity contribution < 1.29 is 4.74 Å². The Hall–Kier alpha value is -1.14. The monoisotopic (exact) mass is 402 g/mol. The molecule has 5 heteroatoms. The van der Waals surface area contributed by atoms with Crippen molar-refractivity contribution in [3.63, 3.8) is 0 Å². The van der Waals surface area contributed by atoms with Crippen LogP contribution in [0, 0.1) is 3.57 Å². The third-order valence-corrected chi connectivity index (χ3v) is 3.57. The van der Waals surface area contributed by atoms with Gasteiger partial charge >= 0.3 is 0 Å². The van der Waals surface area contributed by atoms with E-state index in [0.29, 0.717) is 16.5 Å². The highest BCUT2D eigenvalue weighted by Crippen LogP contribution is 2.31. The average molecular weight is 403 g/mol.